The Balaban J connectivity index is 2.70. The van der Waals surface area contributed by atoms with Gasteiger partial charge in [0.25, 0.3) is 0 Å². The maximum atomic E-state index is 11.5. The van der Waals surface area contributed by atoms with Crippen molar-refractivity contribution >= 4 is 5.78 Å². The van der Waals surface area contributed by atoms with E-state index in [1.165, 1.54) is 0 Å². The van der Waals surface area contributed by atoms with Crippen molar-refractivity contribution in [2.24, 2.45) is 5.92 Å². The zero-order valence-corrected chi connectivity index (χ0v) is 8.03. The standard InChI is InChI=1S/C12H14O/c1-10(2)8-9-12(13)11-6-4-3-5-7-11/h3-10H,1-2H3/b9-8+. The summed E-state index contributed by atoms with van der Waals surface area (Å²) in [4.78, 5) is 11.5. The van der Waals surface area contributed by atoms with Crippen molar-refractivity contribution in [2.75, 3.05) is 0 Å². The predicted octanol–water partition coefficient (Wildman–Crippen LogP) is 3.08. The molecule has 1 heteroatoms. The second-order valence-electron chi connectivity index (χ2n) is 3.33. The van der Waals surface area contributed by atoms with E-state index in [1.54, 1.807) is 6.08 Å². The fourth-order valence-electron chi connectivity index (χ4n) is 0.978. The molecule has 0 bridgehead atoms. The smallest absolute Gasteiger partial charge is 0.185 e. The number of rotatable bonds is 3. The van der Waals surface area contributed by atoms with Crippen LogP contribution in [0.15, 0.2) is 42.5 Å². The van der Waals surface area contributed by atoms with Crippen molar-refractivity contribution in [1.82, 2.24) is 0 Å². The Kier molecular flexibility index (Phi) is 3.44. The maximum absolute atomic E-state index is 11.5. The molecule has 0 aliphatic heterocycles. The number of carbonyl (C=O) groups is 1. The molecule has 0 saturated heterocycles. The Morgan fingerprint density at radius 2 is 1.85 bits per heavy atom. The van der Waals surface area contributed by atoms with Gasteiger partial charge >= 0.3 is 0 Å². The Bertz CT molecular complexity index is 296. The molecule has 1 nitrogen and oxygen atoms in total. The van der Waals surface area contributed by atoms with Crippen LogP contribution in [0.2, 0.25) is 0 Å². The highest BCUT2D eigenvalue weighted by atomic mass is 16.1. The van der Waals surface area contributed by atoms with Crippen LogP contribution in [0.25, 0.3) is 0 Å². The SMILES string of the molecule is CC(C)/C=C/C(=O)c1ccccc1. The highest BCUT2D eigenvalue weighted by Gasteiger charge is 1.98. The fraction of sp³-hybridized carbons (Fsp3) is 0.250. The molecule has 0 aliphatic rings. The van der Waals surface area contributed by atoms with E-state index < -0.39 is 0 Å². The summed E-state index contributed by atoms with van der Waals surface area (Å²) in [5.41, 5.74) is 0.749. The summed E-state index contributed by atoms with van der Waals surface area (Å²) in [7, 11) is 0. The first-order valence-corrected chi connectivity index (χ1v) is 4.47. The van der Waals surface area contributed by atoms with Crippen molar-refractivity contribution in [1.29, 1.82) is 0 Å². The molecule has 1 aromatic carbocycles. The number of benzene rings is 1. The largest absolute Gasteiger partial charge is 0.289 e. The highest BCUT2D eigenvalue weighted by Crippen LogP contribution is 2.02. The molecule has 0 amide bonds. The molecule has 68 valence electrons. The third-order valence-corrected chi connectivity index (χ3v) is 1.69. The highest BCUT2D eigenvalue weighted by molar-refractivity contribution is 6.04. The average Bonchev–Trinajstić information content (AvgIpc) is 2.15. The minimum atomic E-state index is 0.0781. The van der Waals surface area contributed by atoms with Crippen LogP contribution in [0.1, 0.15) is 24.2 Å². The van der Waals surface area contributed by atoms with Gasteiger partial charge in [0, 0.05) is 5.56 Å². The normalized spacial score (nSPS) is 11.0. The van der Waals surface area contributed by atoms with Crippen LogP contribution in [0, 0.1) is 5.92 Å². The lowest BCUT2D eigenvalue weighted by atomic mass is 10.1. The number of ketones is 1. The second kappa shape index (κ2) is 4.61. The Morgan fingerprint density at radius 1 is 1.23 bits per heavy atom. The quantitative estimate of drug-likeness (QED) is 0.508. The van der Waals surface area contributed by atoms with Crippen LogP contribution in [0.3, 0.4) is 0 Å². The molecule has 0 spiro atoms. The zero-order valence-electron chi connectivity index (χ0n) is 8.03. The first-order valence-electron chi connectivity index (χ1n) is 4.47. The maximum Gasteiger partial charge on any atom is 0.185 e. The number of hydrogen-bond acceptors (Lipinski definition) is 1. The van der Waals surface area contributed by atoms with E-state index in [4.69, 9.17) is 0 Å². The molecule has 0 aromatic heterocycles. The molecule has 0 N–H and O–H groups in total. The third kappa shape index (κ3) is 3.24. The molecule has 0 radical (unpaired) electrons. The van der Waals surface area contributed by atoms with E-state index in [9.17, 15) is 4.79 Å². The molecule has 1 rings (SSSR count). The van der Waals surface area contributed by atoms with Crippen molar-refractivity contribution < 1.29 is 4.79 Å². The molecule has 0 saturated carbocycles. The molecular weight excluding hydrogens is 160 g/mol. The van der Waals surface area contributed by atoms with Gasteiger partial charge in [0.05, 0.1) is 0 Å². The van der Waals surface area contributed by atoms with E-state index >= 15 is 0 Å². The number of carbonyl (C=O) groups excluding carboxylic acids is 1. The van der Waals surface area contributed by atoms with Gasteiger partial charge in [-0.2, -0.15) is 0 Å². The molecule has 1 aromatic rings. The first kappa shape index (κ1) is 9.72. The summed E-state index contributed by atoms with van der Waals surface area (Å²) in [6.45, 7) is 4.10. The third-order valence-electron chi connectivity index (χ3n) is 1.69. The van der Waals surface area contributed by atoms with E-state index in [0.29, 0.717) is 5.92 Å². The molecule has 0 aliphatic carbocycles. The Morgan fingerprint density at radius 3 is 2.38 bits per heavy atom. The summed E-state index contributed by atoms with van der Waals surface area (Å²) < 4.78 is 0. The molecule has 0 unspecified atom stereocenters. The van der Waals surface area contributed by atoms with Gasteiger partial charge in [0.1, 0.15) is 0 Å². The lowest BCUT2D eigenvalue weighted by Crippen LogP contribution is -1.93. The molecule has 0 atom stereocenters. The summed E-state index contributed by atoms with van der Waals surface area (Å²) in [5, 5.41) is 0. The van der Waals surface area contributed by atoms with Crippen LogP contribution < -0.4 is 0 Å². The fourth-order valence-corrected chi connectivity index (χ4v) is 0.978. The van der Waals surface area contributed by atoms with E-state index in [1.807, 2.05) is 36.4 Å². The van der Waals surface area contributed by atoms with Gasteiger partial charge in [-0.15, -0.1) is 0 Å². The van der Waals surface area contributed by atoms with Crippen LogP contribution in [-0.4, -0.2) is 5.78 Å². The zero-order chi connectivity index (χ0) is 9.68. The molecule has 13 heavy (non-hydrogen) atoms. The van der Waals surface area contributed by atoms with E-state index in [-0.39, 0.29) is 5.78 Å². The van der Waals surface area contributed by atoms with Crippen LogP contribution >= 0.6 is 0 Å². The van der Waals surface area contributed by atoms with Crippen LogP contribution in [-0.2, 0) is 0 Å². The van der Waals surface area contributed by atoms with Crippen LogP contribution in [0.5, 0.6) is 0 Å². The Labute approximate surface area is 79.1 Å². The van der Waals surface area contributed by atoms with Gasteiger partial charge in [-0.3, -0.25) is 4.79 Å². The minimum Gasteiger partial charge on any atom is -0.289 e. The van der Waals surface area contributed by atoms with Gasteiger partial charge in [-0.05, 0) is 12.0 Å². The lowest BCUT2D eigenvalue weighted by Gasteiger charge is -1.95. The minimum absolute atomic E-state index is 0.0781. The average molecular weight is 174 g/mol. The number of allylic oxidation sites excluding steroid dienone is 2. The van der Waals surface area contributed by atoms with Crippen molar-refractivity contribution in [2.45, 2.75) is 13.8 Å². The molecule has 0 heterocycles. The second-order valence-corrected chi connectivity index (χ2v) is 3.33. The monoisotopic (exact) mass is 174 g/mol. The summed E-state index contributed by atoms with van der Waals surface area (Å²) in [5.74, 6) is 0.502. The van der Waals surface area contributed by atoms with Gasteiger partial charge < -0.3 is 0 Å². The number of hydrogen-bond donors (Lipinski definition) is 0. The summed E-state index contributed by atoms with van der Waals surface area (Å²) in [6.07, 6.45) is 3.55. The van der Waals surface area contributed by atoms with Gasteiger partial charge in [0.15, 0.2) is 5.78 Å². The van der Waals surface area contributed by atoms with E-state index in [0.717, 1.165) is 5.56 Å². The van der Waals surface area contributed by atoms with Gasteiger partial charge in [0.2, 0.25) is 0 Å². The first-order chi connectivity index (χ1) is 6.20. The molecule has 0 fully saturated rings. The van der Waals surface area contributed by atoms with Crippen molar-refractivity contribution in [3.05, 3.63) is 48.0 Å². The van der Waals surface area contributed by atoms with Crippen LogP contribution in [0.4, 0.5) is 0 Å². The van der Waals surface area contributed by atoms with Crippen molar-refractivity contribution in [3.63, 3.8) is 0 Å². The van der Waals surface area contributed by atoms with Gasteiger partial charge in [-0.1, -0.05) is 50.3 Å². The Hall–Kier alpha value is -1.37. The van der Waals surface area contributed by atoms with Gasteiger partial charge in [-0.25, -0.2) is 0 Å². The summed E-state index contributed by atoms with van der Waals surface area (Å²) >= 11 is 0. The van der Waals surface area contributed by atoms with E-state index in [2.05, 4.69) is 13.8 Å². The topological polar surface area (TPSA) is 17.1 Å². The molecular formula is C12H14O. The lowest BCUT2D eigenvalue weighted by molar-refractivity contribution is 0.104. The summed E-state index contributed by atoms with van der Waals surface area (Å²) in [6, 6.07) is 9.30. The predicted molar refractivity (Wildman–Crippen MR) is 54.8 cm³/mol. The van der Waals surface area contributed by atoms with Crippen molar-refractivity contribution in [3.8, 4) is 0 Å².